The van der Waals surface area contributed by atoms with Crippen molar-refractivity contribution in [2.75, 3.05) is 18.9 Å². The summed E-state index contributed by atoms with van der Waals surface area (Å²) in [4.78, 5) is 0.0329. The third-order valence-corrected chi connectivity index (χ3v) is 4.78. The third-order valence-electron chi connectivity index (χ3n) is 3.35. The van der Waals surface area contributed by atoms with Crippen molar-refractivity contribution in [2.24, 2.45) is 0 Å². The molecular weight excluding hydrogens is 318 g/mol. The SMILES string of the molecule is COc1ccc(S(=O)(=O)Nc2ccc3cn[nH]c3c2)c(OC)c1. The lowest BCUT2D eigenvalue weighted by atomic mass is 10.2. The molecule has 2 N–H and O–H groups in total. The lowest BCUT2D eigenvalue weighted by Crippen LogP contribution is -2.14. The molecule has 0 saturated carbocycles. The fourth-order valence-corrected chi connectivity index (χ4v) is 3.41. The first-order chi connectivity index (χ1) is 11.0. The van der Waals surface area contributed by atoms with Gasteiger partial charge in [-0.15, -0.1) is 0 Å². The van der Waals surface area contributed by atoms with Crippen molar-refractivity contribution in [1.29, 1.82) is 0 Å². The number of ether oxygens (including phenoxy) is 2. The Labute approximate surface area is 133 Å². The fourth-order valence-electron chi connectivity index (χ4n) is 2.21. The van der Waals surface area contributed by atoms with Crippen molar-refractivity contribution in [2.45, 2.75) is 4.90 Å². The Morgan fingerprint density at radius 1 is 1.09 bits per heavy atom. The molecule has 0 spiro atoms. The van der Waals surface area contributed by atoms with Crippen LogP contribution in [0.3, 0.4) is 0 Å². The fraction of sp³-hybridized carbons (Fsp3) is 0.133. The van der Waals surface area contributed by atoms with E-state index in [1.165, 1.54) is 26.4 Å². The molecule has 3 aromatic rings. The molecule has 0 radical (unpaired) electrons. The predicted octanol–water partition coefficient (Wildman–Crippen LogP) is 2.38. The summed E-state index contributed by atoms with van der Waals surface area (Å²) >= 11 is 0. The lowest BCUT2D eigenvalue weighted by Gasteiger charge is -2.12. The van der Waals surface area contributed by atoms with E-state index < -0.39 is 10.0 Å². The second-order valence-electron chi connectivity index (χ2n) is 4.79. The van der Waals surface area contributed by atoms with E-state index in [0.29, 0.717) is 11.4 Å². The molecule has 0 fully saturated rings. The van der Waals surface area contributed by atoms with Gasteiger partial charge in [-0.2, -0.15) is 5.10 Å². The van der Waals surface area contributed by atoms with Gasteiger partial charge in [-0.1, -0.05) is 0 Å². The summed E-state index contributed by atoms with van der Waals surface area (Å²) in [6, 6.07) is 9.65. The molecule has 0 unspecified atom stereocenters. The molecule has 23 heavy (non-hydrogen) atoms. The number of methoxy groups -OCH3 is 2. The van der Waals surface area contributed by atoms with Crippen molar-refractivity contribution < 1.29 is 17.9 Å². The molecule has 3 rings (SSSR count). The number of sulfonamides is 1. The number of hydrogen-bond donors (Lipinski definition) is 2. The minimum absolute atomic E-state index is 0.0329. The van der Waals surface area contributed by atoms with Gasteiger partial charge >= 0.3 is 0 Å². The van der Waals surface area contributed by atoms with Gasteiger partial charge in [0, 0.05) is 11.5 Å². The van der Waals surface area contributed by atoms with E-state index in [2.05, 4.69) is 14.9 Å². The maximum Gasteiger partial charge on any atom is 0.265 e. The molecule has 1 aromatic heterocycles. The largest absolute Gasteiger partial charge is 0.497 e. The van der Waals surface area contributed by atoms with Gasteiger partial charge in [0.2, 0.25) is 0 Å². The van der Waals surface area contributed by atoms with Crippen LogP contribution in [0.5, 0.6) is 11.5 Å². The average molecular weight is 333 g/mol. The van der Waals surface area contributed by atoms with Gasteiger partial charge in [0.1, 0.15) is 16.4 Å². The van der Waals surface area contributed by atoms with E-state index >= 15 is 0 Å². The van der Waals surface area contributed by atoms with Crippen molar-refractivity contribution in [3.05, 3.63) is 42.6 Å². The quantitative estimate of drug-likeness (QED) is 0.748. The number of hydrogen-bond acceptors (Lipinski definition) is 5. The topological polar surface area (TPSA) is 93.3 Å². The predicted molar refractivity (Wildman–Crippen MR) is 86.4 cm³/mol. The van der Waals surface area contributed by atoms with Crippen LogP contribution >= 0.6 is 0 Å². The number of anilines is 1. The van der Waals surface area contributed by atoms with Crippen LogP contribution in [0.15, 0.2) is 47.5 Å². The molecule has 2 aromatic carbocycles. The number of fused-ring (bicyclic) bond motifs is 1. The van der Waals surface area contributed by atoms with Crippen LogP contribution in [0.1, 0.15) is 0 Å². The first kappa shape index (κ1) is 15.2. The van der Waals surface area contributed by atoms with Crippen LogP contribution in [0.4, 0.5) is 5.69 Å². The van der Waals surface area contributed by atoms with Crippen LogP contribution in [0.2, 0.25) is 0 Å². The van der Waals surface area contributed by atoms with Gasteiger partial charge in [0.15, 0.2) is 0 Å². The maximum atomic E-state index is 12.6. The molecule has 0 bridgehead atoms. The smallest absolute Gasteiger partial charge is 0.265 e. The molecule has 0 saturated heterocycles. The molecule has 0 aliphatic heterocycles. The van der Waals surface area contributed by atoms with E-state index in [-0.39, 0.29) is 10.6 Å². The number of rotatable bonds is 5. The van der Waals surface area contributed by atoms with Crippen LogP contribution < -0.4 is 14.2 Å². The molecule has 0 aliphatic carbocycles. The zero-order chi connectivity index (χ0) is 16.4. The van der Waals surface area contributed by atoms with Gasteiger partial charge < -0.3 is 9.47 Å². The molecule has 120 valence electrons. The number of aromatic amines is 1. The summed E-state index contributed by atoms with van der Waals surface area (Å²) in [5, 5.41) is 7.60. The Kier molecular flexibility index (Phi) is 3.83. The van der Waals surface area contributed by atoms with Crippen molar-refractivity contribution in [1.82, 2.24) is 10.2 Å². The summed E-state index contributed by atoms with van der Waals surface area (Å²) < 4.78 is 38.0. The summed E-state index contributed by atoms with van der Waals surface area (Å²) in [7, 11) is -0.890. The van der Waals surface area contributed by atoms with Crippen LogP contribution in [-0.2, 0) is 10.0 Å². The molecule has 0 aliphatic rings. The summed E-state index contributed by atoms with van der Waals surface area (Å²) in [5.74, 6) is 0.721. The molecule has 7 nitrogen and oxygen atoms in total. The number of benzene rings is 2. The van der Waals surface area contributed by atoms with Gasteiger partial charge in [0.05, 0.1) is 31.6 Å². The van der Waals surface area contributed by atoms with Crippen LogP contribution in [-0.4, -0.2) is 32.8 Å². The standard InChI is InChI=1S/C15H15N3O4S/c1-21-12-5-6-15(14(8-12)22-2)23(19,20)18-11-4-3-10-9-16-17-13(10)7-11/h3-9,18H,1-2H3,(H,16,17). The maximum absolute atomic E-state index is 12.6. The first-order valence-corrected chi connectivity index (χ1v) is 8.20. The van der Waals surface area contributed by atoms with Crippen molar-refractivity contribution in [3.8, 4) is 11.5 Å². The van der Waals surface area contributed by atoms with Gasteiger partial charge in [-0.3, -0.25) is 9.82 Å². The number of nitrogens with zero attached hydrogens (tertiary/aromatic N) is 1. The zero-order valence-corrected chi connectivity index (χ0v) is 13.3. The van der Waals surface area contributed by atoms with E-state index in [1.807, 2.05) is 0 Å². The third kappa shape index (κ3) is 2.93. The van der Waals surface area contributed by atoms with Crippen LogP contribution in [0, 0.1) is 0 Å². The lowest BCUT2D eigenvalue weighted by molar-refractivity contribution is 0.386. The Balaban J connectivity index is 1.97. The Morgan fingerprint density at radius 3 is 2.65 bits per heavy atom. The monoisotopic (exact) mass is 333 g/mol. The van der Waals surface area contributed by atoms with E-state index in [4.69, 9.17) is 9.47 Å². The summed E-state index contributed by atoms with van der Waals surface area (Å²) in [6.07, 6.45) is 1.67. The van der Waals surface area contributed by atoms with Gasteiger partial charge in [-0.05, 0) is 30.3 Å². The Hall–Kier alpha value is -2.74. The molecule has 1 heterocycles. The highest BCUT2D eigenvalue weighted by molar-refractivity contribution is 7.92. The van der Waals surface area contributed by atoms with E-state index in [0.717, 1.165) is 10.9 Å². The highest BCUT2D eigenvalue weighted by Crippen LogP contribution is 2.30. The minimum atomic E-state index is -3.80. The first-order valence-electron chi connectivity index (χ1n) is 6.71. The molecule has 0 atom stereocenters. The highest BCUT2D eigenvalue weighted by atomic mass is 32.2. The average Bonchev–Trinajstić information content (AvgIpc) is 3.01. The Bertz CT molecular complexity index is 950. The number of aromatic nitrogens is 2. The molecule has 0 amide bonds. The minimum Gasteiger partial charge on any atom is -0.497 e. The Morgan fingerprint density at radius 2 is 1.91 bits per heavy atom. The second kappa shape index (κ2) is 5.81. The molecular formula is C15H15N3O4S. The zero-order valence-electron chi connectivity index (χ0n) is 12.5. The number of nitrogens with one attached hydrogen (secondary N) is 2. The van der Waals surface area contributed by atoms with Crippen molar-refractivity contribution in [3.63, 3.8) is 0 Å². The van der Waals surface area contributed by atoms with E-state index in [1.54, 1.807) is 30.5 Å². The van der Waals surface area contributed by atoms with Crippen molar-refractivity contribution >= 4 is 26.6 Å². The number of H-pyrrole nitrogens is 1. The highest BCUT2D eigenvalue weighted by Gasteiger charge is 2.20. The summed E-state index contributed by atoms with van der Waals surface area (Å²) in [6.45, 7) is 0. The van der Waals surface area contributed by atoms with Crippen LogP contribution in [0.25, 0.3) is 10.9 Å². The van der Waals surface area contributed by atoms with E-state index in [9.17, 15) is 8.42 Å². The second-order valence-corrected chi connectivity index (χ2v) is 6.45. The normalized spacial score (nSPS) is 11.4. The molecule has 8 heteroatoms. The summed E-state index contributed by atoms with van der Waals surface area (Å²) in [5.41, 5.74) is 1.17. The van der Waals surface area contributed by atoms with Gasteiger partial charge in [-0.25, -0.2) is 8.42 Å². The van der Waals surface area contributed by atoms with Gasteiger partial charge in [0.25, 0.3) is 10.0 Å².